The van der Waals surface area contributed by atoms with Crippen LogP contribution in [0.2, 0.25) is 0 Å². The first kappa shape index (κ1) is 13.2. The largest absolute Gasteiger partial charge is 0.347 e. The van der Waals surface area contributed by atoms with Gasteiger partial charge in [-0.05, 0) is 12.8 Å². The fraction of sp³-hybridized carbons (Fsp3) is 0.692. The molecule has 104 valence electrons. The van der Waals surface area contributed by atoms with E-state index in [-0.39, 0.29) is 5.92 Å². The molecule has 3 heterocycles. The summed E-state index contributed by atoms with van der Waals surface area (Å²) in [5, 5.41) is 3.06. The first-order valence-electron chi connectivity index (χ1n) is 6.85. The molecule has 1 aromatic rings. The number of rotatable bonds is 2. The van der Waals surface area contributed by atoms with Crippen molar-refractivity contribution in [3.05, 3.63) is 11.6 Å². The van der Waals surface area contributed by atoms with Gasteiger partial charge in [-0.25, -0.2) is 4.98 Å². The Hall–Kier alpha value is -0.750. The third kappa shape index (κ3) is 3.05. The molecule has 0 N–H and O–H groups in total. The van der Waals surface area contributed by atoms with E-state index in [1.807, 2.05) is 23.3 Å². The third-order valence-corrected chi connectivity index (χ3v) is 5.56. The highest BCUT2D eigenvalue weighted by Crippen LogP contribution is 2.26. The van der Waals surface area contributed by atoms with Crippen molar-refractivity contribution in [2.45, 2.75) is 12.8 Å². The van der Waals surface area contributed by atoms with E-state index in [4.69, 9.17) is 0 Å². The Morgan fingerprint density at radius 2 is 2.16 bits per heavy atom. The van der Waals surface area contributed by atoms with Crippen LogP contribution in [0, 0.1) is 5.92 Å². The summed E-state index contributed by atoms with van der Waals surface area (Å²) in [6, 6.07) is 0. The van der Waals surface area contributed by atoms with Gasteiger partial charge < -0.3 is 9.80 Å². The smallest absolute Gasteiger partial charge is 0.227 e. The molecule has 0 aromatic carbocycles. The normalized spacial score (nSPS) is 24.5. The lowest BCUT2D eigenvalue weighted by Crippen LogP contribution is -2.47. The van der Waals surface area contributed by atoms with Gasteiger partial charge in [-0.3, -0.25) is 4.79 Å². The maximum Gasteiger partial charge on any atom is 0.227 e. The first-order chi connectivity index (χ1) is 9.34. The average molecular weight is 297 g/mol. The van der Waals surface area contributed by atoms with E-state index in [2.05, 4.69) is 14.8 Å². The van der Waals surface area contributed by atoms with Crippen LogP contribution < -0.4 is 4.90 Å². The highest BCUT2D eigenvalue weighted by molar-refractivity contribution is 7.99. The van der Waals surface area contributed by atoms with Crippen LogP contribution >= 0.6 is 23.1 Å². The number of carbonyl (C=O) groups is 1. The van der Waals surface area contributed by atoms with Crippen molar-refractivity contribution < 1.29 is 4.79 Å². The third-order valence-electron chi connectivity index (χ3n) is 3.78. The van der Waals surface area contributed by atoms with Crippen LogP contribution in [-0.4, -0.2) is 53.5 Å². The van der Waals surface area contributed by atoms with Gasteiger partial charge >= 0.3 is 0 Å². The van der Waals surface area contributed by atoms with Gasteiger partial charge in [-0.1, -0.05) is 0 Å². The minimum Gasteiger partial charge on any atom is -0.347 e. The highest BCUT2D eigenvalue weighted by Gasteiger charge is 2.30. The molecule has 1 amide bonds. The molecule has 0 saturated carbocycles. The summed E-state index contributed by atoms with van der Waals surface area (Å²) < 4.78 is 0. The van der Waals surface area contributed by atoms with E-state index >= 15 is 0 Å². The first-order valence-corrected chi connectivity index (χ1v) is 8.89. The molecule has 3 rings (SSSR count). The molecular weight excluding hydrogens is 278 g/mol. The summed E-state index contributed by atoms with van der Waals surface area (Å²) >= 11 is 3.61. The van der Waals surface area contributed by atoms with Crippen LogP contribution in [0.1, 0.15) is 12.8 Å². The summed E-state index contributed by atoms with van der Waals surface area (Å²) in [5.74, 6) is 2.71. The number of anilines is 1. The zero-order valence-corrected chi connectivity index (χ0v) is 12.6. The topological polar surface area (TPSA) is 36.4 Å². The second kappa shape index (κ2) is 6.13. The molecule has 4 nitrogen and oxygen atoms in total. The maximum absolute atomic E-state index is 12.5. The summed E-state index contributed by atoms with van der Waals surface area (Å²) in [5.41, 5.74) is 0. The zero-order valence-electron chi connectivity index (χ0n) is 11.0. The van der Waals surface area contributed by atoms with Crippen molar-refractivity contribution in [1.29, 1.82) is 0 Å². The summed E-state index contributed by atoms with van der Waals surface area (Å²) in [7, 11) is 0. The number of nitrogens with zero attached hydrogens (tertiary/aromatic N) is 3. The molecule has 2 fully saturated rings. The van der Waals surface area contributed by atoms with Crippen molar-refractivity contribution in [1.82, 2.24) is 9.88 Å². The van der Waals surface area contributed by atoms with Crippen molar-refractivity contribution in [2.75, 3.05) is 42.6 Å². The number of carbonyl (C=O) groups excluding carboxylic acids is 1. The second-order valence-electron chi connectivity index (χ2n) is 5.04. The van der Waals surface area contributed by atoms with Gasteiger partial charge in [0.1, 0.15) is 0 Å². The van der Waals surface area contributed by atoms with E-state index in [0.717, 1.165) is 55.7 Å². The molecule has 2 aliphatic rings. The van der Waals surface area contributed by atoms with Gasteiger partial charge in [0.05, 0.1) is 5.92 Å². The number of thiazole rings is 1. The number of aromatic nitrogens is 1. The Morgan fingerprint density at radius 1 is 1.32 bits per heavy atom. The maximum atomic E-state index is 12.5. The lowest BCUT2D eigenvalue weighted by molar-refractivity contribution is -0.135. The average Bonchev–Trinajstić information content (AvgIpc) is 3.02. The predicted molar refractivity (Wildman–Crippen MR) is 81.0 cm³/mol. The molecule has 0 spiro atoms. The second-order valence-corrected chi connectivity index (χ2v) is 7.14. The van der Waals surface area contributed by atoms with Gasteiger partial charge in [-0.2, -0.15) is 11.8 Å². The number of thioether (sulfide) groups is 1. The summed E-state index contributed by atoms with van der Waals surface area (Å²) in [6.45, 7) is 3.73. The molecule has 6 heteroatoms. The van der Waals surface area contributed by atoms with Crippen LogP contribution in [0.15, 0.2) is 11.6 Å². The number of piperidine rings is 1. The number of hydrogen-bond donors (Lipinski definition) is 0. The molecule has 1 unspecified atom stereocenters. The highest BCUT2D eigenvalue weighted by atomic mass is 32.2. The van der Waals surface area contributed by atoms with Gasteiger partial charge in [0, 0.05) is 49.3 Å². The van der Waals surface area contributed by atoms with Gasteiger partial charge in [-0.15, -0.1) is 11.3 Å². The van der Waals surface area contributed by atoms with Crippen LogP contribution in [-0.2, 0) is 4.79 Å². The fourth-order valence-corrected chi connectivity index (χ4v) is 4.35. The lowest BCUT2D eigenvalue weighted by atomic mass is 9.97. The fourth-order valence-electron chi connectivity index (χ4n) is 2.77. The minimum absolute atomic E-state index is 0.167. The van der Waals surface area contributed by atoms with Gasteiger partial charge in [0.15, 0.2) is 5.13 Å². The molecule has 1 atom stereocenters. The quantitative estimate of drug-likeness (QED) is 0.836. The van der Waals surface area contributed by atoms with Gasteiger partial charge in [0.2, 0.25) is 5.91 Å². The van der Waals surface area contributed by atoms with Crippen LogP contribution in [0.3, 0.4) is 0 Å². The summed E-state index contributed by atoms with van der Waals surface area (Å²) in [4.78, 5) is 21.2. The van der Waals surface area contributed by atoms with Crippen molar-refractivity contribution >= 4 is 34.1 Å². The predicted octanol–water partition coefficient (Wildman–Crippen LogP) is 1.93. The molecule has 0 radical (unpaired) electrons. The standard InChI is InChI=1S/C13H19N3OS2/c17-12(15-5-8-18-9-6-15)11-2-1-4-16(10-11)13-14-3-7-19-13/h3,7,11H,1-2,4-6,8-10H2. The van der Waals surface area contributed by atoms with E-state index in [1.54, 1.807) is 11.3 Å². The molecule has 0 aliphatic carbocycles. The Kier molecular flexibility index (Phi) is 4.28. The van der Waals surface area contributed by atoms with E-state index < -0.39 is 0 Å². The Labute approximate surface area is 122 Å². The molecule has 19 heavy (non-hydrogen) atoms. The van der Waals surface area contributed by atoms with Crippen LogP contribution in [0.5, 0.6) is 0 Å². The Morgan fingerprint density at radius 3 is 2.89 bits per heavy atom. The monoisotopic (exact) mass is 297 g/mol. The van der Waals surface area contributed by atoms with Crippen molar-refractivity contribution in [2.24, 2.45) is 5.92 Å². The Bertz CT molecular complexity index is 418. The Balaban J connectivity index is 1.62. The SMILES string of the molecule is O=C(C1CCCN(c2nccs2)C1)N1CCSCC1. The number of hydrogen-bond acceptors (Lipinski definition) is 5. The van der Waals surface area contributed by atoms with Crippen molar-refractivity contribution in [3.8, 4) is 0 Å². The van der Waals surface area contributed by atoms with Gasteiger partial charge in [0.25, 0.3) is 0 Å². The zero-order chi connectivity index (χ0) is 13.1. The van der Waals surface area contributed by atoms with E-state index in [0.29, 0.717) is 5.91 Å². The number of amides is 1. The van der Waals surface area contributed by atoms with Crippen LogP contribution in [0.4, 0.5) is 5.13 Å². The van der Waals surface area contributed by atoms with E-state index in [1.165, 1.54) is 0 Å². The molecule has 0 bridgehead atoms. The van der Waals surface area contributed by atoms with Crippen LogP contribution in [0.25, 0.3) is 0 Å². The minimum atomic E-state index is 0.167. The molecular formula is C13H19N3OS2. The lowest BCUT2D eigenvalue weighted by Gasteiger charge is -2.36. The van der Waals surface area contributed by atoms with Crippen molar-refractivity contribution in [3.63, 3.8) is 0 Å². The molecule has 2 saturated heterocycles. The molecule has 1 aromatic heterocycles. The molecule has 2 aliphatic heterocycles. The summed E-state index contributed by atoms with van der Waals surface area (Å²) in [6.07, 6.45) is 3.97. The van der Waals surface area contributed by atoms with E-state index in [9.17, 15) is 4.79 Å².